The second kappa shape index (κ2) is 10.3. The minimum atomic E-state index is -3.87. The fourth-order valence-electron chi connectivity index (χ4n) is 3.38. The Balaban J connectivity index is 1.61. The quantitative estimate of drug-likeness (QED) is 0.495. The molecule has 1 aliphatic heterocycles. The molecule has 34 heavy (non-hydrogen) atoms. The number of nitrogens with zero attached hydrogens (tertiary/aromatic N) is 1. The van der Waals surface area contributed by atoms with Crippen LogP contribution in [0.3, 0.4) is 0 Å². The highest BCUT2D eigenvalue weighted by Crippen LogP contribution is 2.24. The summed E-state index contributed by atoms with van der Waals surface area (Å²) in [4.78, 5) is 12.2. The highest BCUT2D eigenvalue weighted by atomic mass is 32.2. The molecule has 0 spiro atoms. The normalized spacial score (nSPS) is 17.0. The predicted octanol–water partition coefficient (Wildman–Crippen LogP) is 2.11. The molecule has 1 aliphatic rings. The van der Waals surface area contributed by atoms with E-state index in [1.807, 2.05) is 0 Å². The first-order valence-corrected chi connectivity index (χ1v) is 13.1. The van der Waals surface area contributed by atoms with Crippen LogP contribution in [0.5, 0.6) is 0 Å². The molecule has 3 rings (SSSR count). The van der Waals surface area contributed by atoms with E-state index < -0.39 is 50.0 Å². The number of halogens is 3. The number of benzene rings is 2. The topological polar surface area (TPSA) is 113 Å². The molecule has 0 saturated carbocycles. The van der Waals surface area contributed by atoms with E-state index in [9.17, 15) is 34.8 Å². The van der Waals surface area contributed by atoms with Crippen molar-refractivity contribution in [3.63, 3.8) is 0 Å². The molecule has 2 aromatic carbocycles. The first-order chi connectivity index (χ1) is 15.9. The van der Waals surface area contributed by atoms with E-state index in [4.69, 9.17) is 0 Å². The molecular weight excluding hydrogens is 495 g/mol. The van der Waals surface area contributed by atoms with Gasteiger partial charge in [0.15, 0.2) is 11.6 Å². The van der Waals surface area contributed by atoms with Crippen molar-refractivity contribution >= 4 is 26.0 Å². The lowest BCUT2D eigenvalue weighted by Gasteiger charge is -2.17. The number of hydrogen-bond donors (Lipinski definition) is 2. The van der Waals surface area contributed by atoms with E-state index >= 15 is 0 Å². The van der Waals surface area contributed by atoms with Gasteiger partial charge in [-0.3, -0.25) is 4.79 Å². The number of nitrogens with one attached hydrogen (secondary N) is 2. The lowest BCUT2D eigenvalue weighted by Crippen LogP contribution is -2.32. The third kappa shape index (κ3) is 6.03. The SMILES string of the molecule is C=CS(=O)(=O)NC[C@H]1CCN(S(=O)(=O)c2ccc(C(=O)NCc3cc(F)c(F)cc3F)cc2)C1. The van der Waals surface area contributed by atoms with Crippen molar-refractivity contribution in [2.75, 3.05) is 19.6 Å². The Morgan fingerprint density at radius 3 is 2.35 bits per heavy atom. The van der Waals surface area contributed by atoms with Crippen LogP contribution in [0.1, 0.15) is 22.3 Å². The molecule has 2 aromatic rings. The zero-order chi connectivity index (χ0) is 25.1. The molecule has 1 fully saturated rings. The molecule has 1 amide bonds. The second-order valence-corrected chi connectivity index (χ2v) is 11.3. The van der Waals surface area contributed by atoms with Crippen molar-refractivity contribution in [2.45, 2.75) is 17.9 Å². The second-order valence-electron chi connectivity index (χ2n) is 7.64. The van der Waals surface area contributed by atoms with Gasteiger partial charge >= 0.3 is 0 Å². The molecule has 2 N–H and O–H groups in total. The Hall–Kier alpha value is -2.74. The molecule has 1 saturated heterocycles. The number of sulfonamides is 2. The first kappa shape index (κ1) is 25.9. The van der Waals surface area contributed by atoms with Gasteiger partial charge in [-0.05, 0) is 42.7 Å². The van der Waals surface area contributed by atoms with Crippen LogP contribution in [-0.2, 0) is 26.6 Å². The van der Waals surface area contributed by atoms with Gasteiger partial charge in [0.1, 0.15) is 5.82 Å². The first-order valence-electron chi connectivity index (χ1n) is 10.1. The van der Waals surface area contributed by atoms with Crippen LogP contribution in [0.2, 0.25) is 0 Å². The van der Waals surface area contributed by atoms with Gasteiger partial charge in [0.25, 0.3) is 5.91 Å². The third-order valence-electron chi connectivity index (χ3n) is 5.32. The molecule has 1 heterocycles. The summed E-state index contributed by atoms with van der Waals surface area (Å²) in [5.74, 6) is -4.47. The number of hydrogen-bond acceptors (Lipinski definition) is 5. The summed E-state index contributed by atoms with van der Waals surface area (Å²) in [6.07, 6.45) is 0.472. The Kier molecular flexibility index (Phi) is 7.81. The summed E-state index contributed by atoms with van der Waals surface area (Å²) < 4.78 is 92.3. The van der Waals surface area contributed by atoms with E-state index in [-0.39, 0.29) is 41.6 Å². The minimum Gasteiger partial charge on any atom is -0.348 e. The monoisotopic (exact) mass is 517 g/mol. The van der Waals surface area contributed by atoms with Gasteiger partial charge < -0.3 is 5.32 Å². The molecule has 1 atom stereocenters. The maximum atomic E-state index is 13.7. The zero-order valence-electron chi connectivity index (χ0n) is 17.8. The van der Waals surface area contributed by atoms with E-state index in [1.165, 1.54) is 28.6 Å². The summed E-state index contributed by atoms with van der Waals surface area (Å²) in [5.41, 5.74) is -0.162. The molecule has 0 unspecified atom stereocenters. The highest BCUT2D eigenvalue weighted by molar-refractivity contribution is 7.92. The molecule has 0 aromatic heterocycles. The Morgan fingerprint density at radius 2 is 1.71 bits per heavy atom. The summed E-state index contributed by atoms with van der Waals surface area (Å²) in [6, 6.07) is 6.07. The molecule has 13 heteroatoms. The van der Waals surface area contributed by atoms with Crippen LogP contribution in [0.25, 0.3) is 0 Å². The summed E-state index contributed by atoms with van der Waals surface area (Å²) in [5, 5.41) is 3.14. The van der Waals surface area contributed by atoms with E-state index in [0.717, 1.165) is 5.41 Å². The number of carbonyl (C=O) groups excluding carboxylic acids is 1. The van der Waals surface area contributed by atoms with Crippen LogP contribution in [0.4, 0.5) is 13.2 Å². The zero-order valence-corrected chi connectivity index (χ0v) is 19.4. The van der Waals surface area contributed by atoms with Gasteiger partial charge in [-0.2, -0.15) is 4.31 Å². The van der Waals surface area contributed by atoms with Gasteiger partial charge in [0.2, 0.25) is 20.0 Å². The van der Waals surface area contributed by atoms with E-state index in [0.29, 0.717) is 18.6 Å². The molecule has 8 nitrogen and oxygen atoms in total. The molecule has 0 aliphatic carbocycles. The summed E-state index contributed by atoms with van der Waals surface area (Å²) >= 11 is 0. The average Bonchev–Trinajstić information content (AvgIpc) is 3.29. The number of rotatable bonds is 9. The van der Waals surface area contributed by atoms with Crippen LogP contribution in [0.15, 0.2) is 53.3 Å². The summed E-state index contributed by atoms with van der Waals surface area (Å²) in [6.45, 7) is 3.23. The van der Waals surface area contributed by atoms with Gasteiger partial charge in [0, 0.05) is 48.8 Å². The average molecular weight is 518 g/mol. The fourth-order valence-corrected chi connectivity index (χ4v) is 5.50. The van der Waals surface area contributed by atoms with Crippen molar-refractivity contribution in [2.24, 2.45) is 5.92 Å². The lowest BCUT2D eigenvalue weighted by atomic mass is 10.1. The van der Waals surface area contributed by atoms with Gasteiger partial charge in [-0.1, -0.05) is 6.58 Å². The molecule has 0 bridgehead atoms. The van der Waals surface area contributed by atoms with Gasteiger partial charge in [-0.15, -0.1) is 0 Å². The number of amides is 1. The van der Waals surface area contributed by atoms with Crippen LogP contribution in [0, 0.1) is 23.4 Å². The number of carbonyl (C=O) groups is 1. The van der Waals surface area contributed by atoms with E-state index in [1.54, 1.807) is 0 Å². The highest BCUT2D eigenvalue weighted by Gasteiger charge is 2.33. The Bertz CT molecular complexity index is 1300. The molecule has 0 radical (unpaired) electrons. The van der Waals surface area contributed by atoms with Crippen molar-refractivity contribution < 1.29 is 34.8 Å². The van der Waals surface area contributed by atoms with Crippen LogP contribution < -0.4 is 10.0 Å². The Labute approximate surface area is 195 Å². The van der Waals surface area contributed by atoms with E-state index in [2.05, 4.69) is 16.6 Å². The smallest absolute Gasteiger partial charge is 0.251 e. The maximum Gasteiger partial charge on any atom is 0.251 e. The summed E-state index contributed by atoms with van der Waals surface area (Å²) in [7, 11) is -7.47. The lowest BCUT2D eigenvalue weighted by molar-refractivity contribution is 0.0950. The minimum absolute atomic E-state index is 0.0528. The van der Waals surface area contributed by atoms with Crippen molar-refractivity contribution in [3.05, 3.63) is 77.0 Å². The van der Waals surface area contributed by atoms with Crippen molar-refractivity contribution in [1.82, 2.24) is 14.3 Å². The largest absolute Gasteiger partial charge is 0.348 e. The molecular formula is C21H22F3N3O5S2. The van der Waals surface area contributed by atoms with Gasteiger partial charge in [0.05, 0.1) is 4.90 Å². The van der Waals surface area contributed by atoms with Gasteiger partial charge in [-0.25, -0.2) is 34.7 Å². The fraction of sp³-hybridized carbons (Fsp3) is 0.286. The maximum absolute atomic E-state index is 13.7. The predicted molar refractivity (Wildman–Crippen MR) is 118 cm³/mol. The van der Waals surface area contributed by atoms with Crippen LogP contribution >= 0.6 is 0 Å². The standard InChI is InChI=1S/C21H22F3N3O5S2/c1-2-33(29,30)26-11-14-7-8-27(13-14)34(31,32)17-5-3-15(4-6-17)21(28)25-12-16-9-19(23)20(24)10-18(16)22/h2-6,9-10,14,26H,1,7-8,11-13H2,(H,25,28)/t14-/m1/s1. The molecule has 184 valence electrons. The van der Waals surface area contributed by atoms with Crippen molar-refractivity contribution in [3.8, 4) is 0 Å². The van der Waals surface area contributed by atoms with Crippen LogP contribution in [-0.4, -0.2) is 46.7 Å². The Morgan fingerprint density at radius 1 is 1.06 bits per heavy atom. The van der Waals surface area contributed by atoms with Crippen molar-refractivity contribution in [1.29, 1.82) is 0 Å². The third-order valence-corrected chi connectivity index (χ3v) is 8.21.